The van der Waals surface area contributed by atoms with Crippen molar-refractivity contribution < 1.29 is 4.79 Å². The van der Waals surface area contributed by atoms with Gasteiger partial charge in [-0.25, -0.2) is 9.78 Å². The number of nitrogens with one attached hydrogen (secondary N) is 2. The first kappa shape index (κ1) is 17.0. The third kappa shape index (κ3) is 4.81. The third-order valence-corrected chi connectivity index (χ3v) is 4.01. The Morgan fingerprint density at radius 2 is 1.52 bits per heavy atom. The fourth-order valence-corrected chi connectivity index (χ4v) is 2.64. The predicted octanol–water partition coefficient (Wildman–Crippen LogP) is 4.32. The minimum atomic E-state index is -0.243. The maximum Gasteiger partial charge on any atom is 0.315 e. The first-order valence-electron chi connectivity index (χ1n) is 7.97. The van der Waals surface area contributed by atoms with Crippen LogP contribution in [0.15, 0.2) is 79.0 Å². The molecule has 5 heteroatoms. The Kier molecular flexibility index (Phi) is 5.65. The lowest BCUT2D eigenvalue weighted by Gasteiger charge is -2.20. The molecule has 4 nitrogen and oxygen atoms in total. The molecule has 3 rings (SSSR count). The van der Waals surface area contributed by atoms with Crippen molar-refractivity contribution in [1.82, 2.24) is 15.6 Å². The number of hydrogen-bond acceptors (Lipinski definition) is 2. The van der Waals surface area contributed by atoms with Crippen molar-refractivity contribution in [1.29, 1.82) is 0 Å². The predicted molar refractivity (Wildman–Crippen MR) is 99.3 cm³/mol. The molecule has 2 amide bonds. The highest BCUT2D eigenvalue weighted by Crippen LogP contribution is 2.21. The van der Waals surface area contributed by atoms with Gasteiger partial charge in [0.05, 0.1) is 6.04 Å². The van der Waals surface area contributed by atoms with Crippen molar-refractivity contribution in [3.8, 4) is 0 Å². The molecule has 2 aromatic carbocycles. The molecule has 1 heterocycles. The summed E-state index contributed by atoms with van der Waals surface area (Å²) in [7, 11) is 0. The molecule has 0 bridgehead atoms. The average Bonchev–Trinajstić information content (AvgIpc) is 2.67. The Hall–Kier alpha value is -2.85. The number of rotatable bonds is 5. The molecule has 1 aromatic heterocycles. The standard InChI is InChI=1S/C20H18ClN3O/c21-18-12-11-15(13-22-18)14-23-20(25)24-19(16-7-3-1-4-8-16)17-9-5-2-6-10-17/h1-13,19H,14H2,(H2,23,24,25). The Morgan fingerprint density at radius 3 is 2.04 bits per heavy atom. The SMILES string of the molecule is O=C(NCc1ccc(Cl)nc1)NC(c1ccccc1)c1ccccc1. The van der Waals surface area contributed by atoms with Crippen LogP contribution >= 0.6 is 11.6 Å². The zero-order chi connectivity index (χ0) is 17.5. The molecular weight excluding hydrogens is 334 g/mol. The number of halogens is 1. The van der Waals surface area contributed by atoms with Crippen LogP contribution in [-0.4, -0.2) is 11.0 Å². The minimum absolute atomic E-state index is 0.217. The third-order valence-electron chi connectivity index (χ3n) is 3.78. The van der Waals surface area contributed by atoms with Crippen LogP contribution in [0.1, 0.15) is 22.7 Å². The van der Waals surface area contributed by atoms with Gasteiger partial charge in [-0.2, -0.15) is 0 Å². The monoisotopic (exact) mass is 351 g/mol. The highest BCUT2D eigenvalue weighted by molar-refractivity contribution is 6.29. The van der Waals surface area contributed by atoms with Gasteiger partial charge in [-0.05, 0) is 22.8 Å². The van der Waals surface area contributed by atoms with E-state index in [-0.39, 0.29) is 12.1 Å². The van der Waals surface area contributed by atoms with E-state index < -0.39 is 0 Å². The van der Waals surface area contributed by atoms with Gasteiger partial charge in [-0.3, -0.25) is 0 Å². The average molecular weight is 352 g/mol. The first-order valence-corrected chi connectivity index (χ1v) is 8.35. The molecule has 0 aliphatic heterocycles. The van der Waals surface area contributed by atoms with Gasteiger partial charge in [0.25, 0.3) is 0 Å². The highest BCUT2D eigenvalue weighted by atomic mass is 35.5. The van der Waals surface area contributed by atoms with E-state index in [9.17, 15) is 4.79 Å². The second-order valence-corrected chi connectivity index (χ2v) is 5.96. The lowest BCUT2D eigenvalue weighted by atomic mass is 9.99. The van der Waals surface area contributed by atoms with E-state index in [2.05, 4.69) is 15.6 Å². The molecule has 126 valence electrons. The molecule has 25 heavy (non-hydrogen) atoms. The van der Waals surface area contributed by atoms with E-state index in [1.165, 1.54) is 0 Å². The fourth-order valence-electron chi connectivity index (χ4n) is 2.53. The van der Waals surface area contributed by atoms with E-state index in [1.54, 1.807) is 12.3 Å². The summed E-state index contributed by atoms with van der Waals surface area (Å²) in [5, 5.41) is 6.32. The largest absolute Gasteiger partial charge is 0.334 e. The molecule has 0 unspecified atom stereocenters. The van der Waals surface area contributed by atoms with Gasteiger partial charge in [0.2, 0.25) is 0 Å². The van der Waals surface area contributed by atoms with E-state index in [1.807, 2.05) is 66.7 Å². The minimum Gasteiger partial charge on any atom is -0.334 e. The number of carbonyl (C=O) groups is 1. The number of benzene rings is 2. The molecule has 0 saturated heterocycles. The molecule has 0 aliphatic carbocycles. The van der Waals surface area contributed by atoms with Crippen molar-refractivity contribution in [3.63, 3.8) is 0 Å². The summed E-state index contributed by atoms with van der Waals surface area (Å²) in [6.07, 6.45) is 1.65. The first-order chi connectivity index (χ1) is 12.2. The molecule has 2 N–H and O–H groups in total. The topological polar surface area (TPSA) is 54.0 Å². The summed E-state index contributed by atoms with van der Waals surface area (Å²) < 4.78 is 0. The highest BCUT2D eigenvalue weighted by Gasteiger charge is 2.16. The van der Waals surface area contributed by atoms with Crippen LogP contribution in [0.2, 0.25) is 5.15 Å². The number of nitrogens with zero attached hydrogens (tertiary/aromatic N) is 1. The van der Waals surface area contributed by atoms with Crippen LogP contribution < -0.4 is 10.6 Å². The lowest BCUT2D eigenvalue weighted by molar-refractivity contribution is 0.238. The summed E-state index contributed by atoms with van der Waals surface area (Å²) in [6, 6.07) is 22.8. The molecule has 0 spiro atoms. The Morgan fingerprint density at radius 1 is 0.920 bits per heavy atom. The second-order valence-electron chi connectivity index (χ2n) is 5.57. The number of carbonyl (C=O) groups excluding carboxylic acids is 1. The molecule has 0 fully saturated rings. The van der Waals surface area contributed by atoms with Gasteiger partial charge in [-0.15, -0.1) is 0 Å². The van der Waals surface area contributed by atoms with Crippen molar-refractivity contribution in [2.75, 3.05) is 0 Å². The zero-order valence-corrected chi connectivity index (χ0v) is 14.3. The Balaban J connectivity index is 1.69. The summed E-state index contributed by atoms with van der Waals surface area (Å²) in [4.78, 5) is 16.4. The second kappa shape index (κ2) is 8.31. The maximum atomic E-state index is 12.4. The fraction of sp³-hybridized carbons (Fsp3) is 0.100. The molecule has 3 aromatic rings. The summed E-state index contributed by atoms with van der Waals surface area (Å²) >= 11 is 5.77. The smallest absolute Gasteiger partial charge is 0.315 e. The number of hydrogen-bond donors (Lipinski definition) is 2. The van der Waals surface area contributed by atoms with Gasteiger partial charge in [0, 0.05) is 12.7 Å². The van der Waals surface area contributed by atoms with Crippen LogP contribution in [0, 0.1) is 0 Å². The van der Waals surface area contributed by atoms with E-state index in [0.717, 1.165) is 16.7 Å². The van der Waals surface area contributed by atoms with Crippen molar-refractivity contribution >= 4 is 17.6 Å². The Labute approximate surface area is 151 Å². The van der Waals surface area contributed by atoms with Gasteiger partial charge >= 0.3 is 6.03 Å². The van der Waals surface area contributed by atoms with Gasteiger partial charge in [0.1, 0.15) is 5.15 Å². The van der Waals surface area contributed by atoms with E-state index in [4.69, 9.17) is 11.6 Å². The number of pyridine rings is 1. The maximum absolute atomic E-state index is 12.4. The Bertz CT molecular complexity index is 768. The zero-order valence-electron chi connectivity index (χ0n) is 13.5. The van der Waals surface area contributed by atoms with E-state index >= 15 is 0 Å². The number of urea groups is 1. The van der Waals surface area contributed by atoms with Gasteiger partial charge < -0.3 is 10.6 Å². The summed E-state index contributed by atoms with van der Waals surface area (Å²) in [5.41, 5.74) is 2.93. The van der Waals surface area contributed by atoms with Gasteiger partial charge in [-0.1, -0.05) is 78.3 Å². The normalized spacial score (nSPS) is 10.5. The molecule has 0 radical (unpaired) electrons. The van der Waals surface area contributed by atoms with Crippen LogP contribution in [-0.2, 0) is 6.54 Å². The van der Waals surface area contributed by atoms with Crippen molar-refractivity contribution in [2.24, 2.45) is 0 Å². The lowest BCUT2D eigenvalue weighted by Crippen LogP contribution is -2.38. The molecule has 0 saturated carbocycles. The van der Waals surface area contributed by atoms with Crippen LogP contribution in [0.4, 0.5) is 4.79 Å². The molecule has 0 aliphatic rings. The van der Waals surface area contributed by atoms with Crippen LogP contribution in [0.3, 0.4) is 0 Å². The van der Waals surface area contributed by atoms with Gasteiger partial charge in [0.15, 0.2) is 0 Å². The van der Waals surface area contributed by atoms with Crippen molar-refractivity contribution in [3.05, 3.63) is 101 Å². The number of aromatic nitrogens is 1. The quantitative estimate of drug-likeness (QED) is 0.672. The molecular formula is C20H18ClN3O. The summed E-state index contributed by atoms with van der Waals surface area (Å²) in [6.45, 7) is 0.381. The summed E-state index contributed by atoms with van der Waals surface area (Å²) in [5.74, 6) is 0. The molecule has 0 atom stereocenters. The van der Waals surface area contributed by atoms with Crippen LogP contribution in [0.5, 0.6) is 0 Å². The number of amides is 2. The van der Waals surface area contributed by atoms with E-state index in [0.29, 0.717) is 11.7 Å². The van der Waals surface area contributed by atoms with Crippen molar-refractivity contribution in [2.45, 2.75) is 12.6 Å². The van der Waals surface area contributed by atoms with Crippen LogP contribution in [0.25, 0.3) is 0 Å².